The topological polar surface area (TPSA) is 29.3 Å². The molecule has 0 aliphatic carbocycles. The van der Waals surface area contributed by atoms with Gasteiger partial charge in [-0.3, -0.25) is 0 Å². The summed E-state index contributed by atoms with van der Waals surface area (Å²) in [6.07, 6.45) is 0. The van der Waals surface area contributed by atoms with Gasteiger partial charge in [0.25, 0.3) is 0 Å². The molecule has 0 unspecified atom stereocenters. The molecule has 2 rings (SSSR count). The summed E-state index contributed by atoms with van der Waals surface area (Å²) in [6, 6.07) is 12.6. The number of hydrogen-bond donors (Lipinski definition) is 1. The summed E-state index contributed by atoms with van der Waals surface area (Å²) in [4.78, 5) is 2.22. The number of nitrogens with zero attached hydrogens (tertiary/aromatic N) is 1. The smallest absolute Gasteiger partial charge is 0.0446 e. The number of nitrogen functional groups attached to an aromatic ring is 1. The standard InChI is InChI=1S/C16H19BrN2/c1-11-6-12(2)8-15(7-11)19(3)10-13-4-5-14(17)9-16(13)18/h4-9H,10,18H2,1-3H3. The van der Waals surface area contributed by atoms with Gasteiger partial charge in [0.05, 0.1) is 0 Å². The molecule has 2 nitrogen and oxygen atoms in total. The Bertz CT molecular complexity index is 573. The number of anilines is 2. The van der Waals surface area contributed by atoms with E-state index in [1.54, 1.807) is 0 Å². The first-order valence-corrected chi connectivity index (χ1v) is 7.08. The van der Waals surface area contributed by atoms with Gasteiger partial charge >= 0.3 is 0 Å². The average molecular weight is 319 g/mol. The van der Waals surface area contributed by atoms with E-state index in [0.717, 1.165) is 22.3 Å². The minimum atomic E-state index is 0.808. The fourth-order valence-electron chi connectivity index (χ4n) is 2.23. The molecule has 0 spiro atoms. The maximum absolute atomic E-state index is 6.05. The van der Waals surface area contributed by atoms with Crippen LogP contribution in [0.4, 0.5) is 11.4 Å². The van der Waals surface area contributed by atoms with Crippen molar-refractivity contribution >= 4 is 27.3 Å². The van der Waals surface area contributed by atoms with E-state index in [1.165, 1.54) is 16.8 Å². The SMILES string of the molecule is Cc1cc(C)cc(N(C)Cc2ccc(Br)cc2N)c1. The number of benzene rings is 2. The van der Waals surface area contributed by atoms with Crippen molar-refractivity contribution in [2.24, 2.45) is 0 Å². The highest BCUT2D eigenvalue weighted by Gasteiger charge is 2.06. The first-order valence-electron chi connectivity index (χ1n) is 6.29. The summed E-state index contributed by atoms with van der Waals surface area (Å²) in [6.45, 7) is 5.05. The molecule has 0 saturated carbocycles. The third-order valence-corrected chi connectivity index (χ3v) is 3.66. The van der Waals surface area contributed by atoms with Gasteiger partial charge in [-0.05, 0) is 54.8 Å². The molecule has 0 aromatic heterocycles. The number of hydrogen-bond acceptors (Lipinski definition) is 2. The highest BCUT2D eigenvalue weighted by Crippen LogP contribution is 2.23. The van der Waals surface area contributed by atoms with Crippen molar-refractivity contribution < 1.29 is 0 Å². The highest BCUT2D eigenvalue weighted by atomic mass is 79.9. The molecule has 0 amide bonds. The first kappa shape index (κ1) is 13.9. The third kappa shape index (κ3) is 3.51. The van der Waals surface area contributed by atoms with E-state index >= 15 is 0 Å². The predicted octanol–water partition coefficient (Wildman–Crippen LogP) is 4.28. The minimum absolute atomic E-state index is 0.808. The Kier molecular flexibility index (Phi) is 4.15. The molecule has 0 atom stereocenters. The van der Waals surface area contributed by atoms with Gasteiger partial charge in [0, 0.05) is 29.4 Å². The van der Waals surface area contributed by atoms with Gasteiger partial charge in [-0.2, -0.15) is 0 Å². The molecule has 100 valence electrons. The fourth-order valence-corrected chi connectivity index (χ4v) is 2.61. The Morgan fingerprint density at radius 2 is 1.68 bits per heavy atom. The highest BCUT2D eigenvalue weighted by molar-refractivity contribution is 9.10. The zero-order valence-electron chi connectivity index (χ0n) is 11.6. The summed E-state index contributed by atoms with van der Waals surface area (Å²) < 4.78 is 1.02. The van der Waals surface area contributed by atoms with E-state index in [-0.39, 0.29) is 0 Å². The molecule has 2 aromatic rings. The van der Waals surface area contributed by atoms with E-state index in [4.69, 9.17) is 5.73 Å². The maximum Gasteiger partial charge on any atom is 0.0446 e. The van der Waals surface area contributed by atoms with Crippen LogP contribution in [-0.4, -0.2) is 7.05 Å². The van der Waals surface area contributed by atoms with Crippen LogP contribution in [0.25, 0.3) is 0 Å². The molecule has 0 aliphatic heterocycles. The molecule has 19 heavy (non-hydrogen) atoms. The van der Waals surface area contributed by atoms with Gasteiger partial charge in [-0.1, -0.05) is 28.1 Å². The van der Waals surface area contributed by atoms with Crippen LogP contribution >= 0.6 is 15.9 Å². The van der Waals surface area contributed by atoms with E-state index in [0.29, 0.717) is 0 Å². The van der Waals surface area contributed by atoms with Gasteiger partial charge in [0.15, 0.2) is 0 Å². The maximum atomic E-state index is 6.05. The molecule has 2 N–H and O–H groups in total. The van der Waals surface area contributed by atoms with Crippen LogP contribution in [0.2, 0.25) is 0 Å². The minimum Gasteiger partial charge on any atom is -0.398 e. The molecular weight excluding hydrogens is 300 g/mol. The van der Waals surface area contributed by atoms with Crippen LogP contribution in [0, 0.1) is 13.8 Å². The lowest BCUT2D eigenvalue weighted by Crippen LogP contribution is -2.17. The number of halogens is 1. The molecule has 0 fully saturated rings. The molecule has 0 saturated heterocycles. The van der Waals surface area contributed by atoms with Crippen molar-refractivity contribution in [3.05, 3.63) is 57.6 Å². The van der Waals surface area contributed by atoms with Crippen LogP contribution < -0.4 is 10.6 Å². The molecule has 3 heteroatoms. The largest absolute Gasteiger partial charge is 0.398 e. The van der Waals surface area contributed by atoms with Gasteiger partial charge < -0.3 is 10.6 Å². The average Bonchev–Trinajstić information content (AvgIpc) is 2.31. The Morgan fingerprint density at radius 3 is 2.26 bits per heavy atom. The summed E-state index contributed by atoms with van der Waals surface area (Å²) >= 11 is 3.43. The molecule has 0 aliphatic rings. The number of aryl methyl sites for hydroxylation is 2. The molecule has 0 bridgehead atoms. The second-order valence-corrected chi connectivity index (χ2v) is 5.96. The predicted molar refractivity (Wildman–Crippen MR) is 86.6 cm³/mol. The quantitative estimate of drug-likeness (QED) is 0.856. The van der Waals surface area contributed by atoms with Gasteiger partial charge in [0.1, 0.15) is 0 Å². The van der Waals surface area contributed by atoms with E-state index in [1.807, 2.05) is 12.1 Å². The Hall–Kier alpha value is -1.48. The zero-order chi connectivity index (χ0) is 14.0. The molecular formula is C16H19BrN2. The lowest BCUT2D eigenvalue weighted by atomic mass is 10.1. The zero-order valence-corrected chi connectivity index (χ0v) is 13.2. The van der Waals surface area contributed by atoms with Crippen LogP contribution in [0.3, 0.4) is 0 Å². The number of rotatable bonds is 3. The first-order chi connectivity index (χ1) is 8.95. The van der Waals surface area contributed by atoms with Crippen molar-refractivity contribution in [3.63, 3.8) is 0 Å². The van der Waals surface area contributed by atoms with Gasteiger partial charge in [-0.25, -0.2) is 0 Å². The van der Waals surface area contributed by atoms with Crippen molar-refractivity contribution in [3.8, 4) is 0 Å². The monoisotopic (exact) mass is 318 g/mol. The summed E-state index contributed by atoms with van der Waals surface area (Å²) in [7, 11) is 2.09. The second kappa shape index (κ2) is 5.66. The third-order valence-electron chi connectivity index (χ3n) is 3.16. The fraction of sp³-hybridized carbons (Fsp3) is 0.250. The second-order valence-electron chi connectivity index (χ2n) is 5.05. The molecule has 2 aromatic carbocycles. The van der Waals surface area contributed by atoms with E-state index in [9.17, 15) is 0 Å². The Balaban J connectivity index is 2.22. The summed E-state index contributed by atoms with van der Waals surface area (Å²) in [5.74, 6) is 0. The lowest BCUT2D eigenvalue weighted by Gasteiger charge is -2.21. The van der Waals surface area contributed by atoms with Crippen LogP contribution in [0.1, 0.15) is 16.7 Å². The van der Waals surface area contributed by atoms with Crippen molar-refractivity contribution in [2.75, 3.05) is 17.7 Å². The van der Waals surface area contributed by atoms with Crippen molar-refractivity contribution in [1.29, 1.82) is 0 Å². The number of nitrogens with two attached hydrogens (primary N) is 1. The Labute approximate surface area is 123 Å². The van der Waals surface area contributed by atoms with Gasteiger partial charge in [-0.15, -0.1) is 0 Å². The van der Waals surface area contributed by atoms with E-state index < -0.39 is 0 Å². The van der Waals surface area contributed by atoms with Crippen LogP contribution in [-0.2, 0) is 6.54 Å². The molecule has 0 heterocycles. The lowest BCUT2D eigenvalue weighted by molar-refractivity contribution is 0.923. The normalized spacial score (nSPS) is 10.5. The summed E-state index contributed by atoms with van der Waals surface area (Å²) in [5, 5.41) is 0. The van der Waals surface area contributed by atoms with Crippen molar-refractivity contribution in [1.82, 2.24) is 0 Å². The van der Waals surface area contributed by atoms with E-state index in [2.05, 4.69) is 66.0 Å². The van der Waals surface area contributed by atoms with Crippen LogP contribution in [0.15, 0.2) is 40.9 Å². The Morgan fingerprint density at radius 1 is 1.05 bits per heavy atom. The van der Waals surface area contributed by atoms with Crippen LogP contribution in [0.5, 0.6) is 0 Å². The van der Waals surface area contributed by atoms with Gasteiger partial charge in [0.2, 0.25) is 0 Å². The summed E-state index contributed by atoms with van der Waals surface area (Å²) in [5.41, 5.74) is 11.8. The molecule has 0 radical (unpaired) electrons. The van der Waals surface area contributed by atoms with Crippen molar-refractivity contribution in [2.45, 2.75) is 20.4 Å².